The fourth-order valence-corrected chi connectivity index (χ4v) is 2.22. The highest BCUT2D eigenvalue weighted by Gasteiger charge is 2.06. The topological polar surface area (TPSA) is 95.5 Å². The van der Waals surface area contributed by atoms with E-state index in [0.717, 1.165) is 6.26 Å². The van der Waals surface area contributed by atoms with Crippen LogP contribution in [0.1, 0.15) is 10.4 Å². The molecular weight excluding hydrogens is 324 g/mol. The summed E-state index contributed by atoms with van der Waals surface area (Å²) in [6, 6.07) is 4.57. The summed E-state index contributed by atoms with van der Waals surface area (Å²) in [6.45, 7) is 0.657. The molecule has 0 aromatic heterocycles. The minimum absolute atomic E-state index is 0.182. The predicted molar refractivity (Wildman–Crippen MR) is 72.4 cm³/mol. The minimum atomic E-state index is -3.19. The average Bonchev–Trinajstić information content (AvgIpc) is 2.24. The molecule has 6 nitrogen and oxygen atoms in total. The standard InChI is InChI=1S/C10H13BrN2O4S/c1-18(16,17)13-5-4-12-9-3-2-7(10(14)15)6-8(9)11/h2-3,6,12-13H,4-5H2,1H3,(H,14,15). The zero-order chi connectivity index (χ0) is 13.8. The number of hydrogen-bond acceptors (Lipinski definition) is 4. The number of carboxylic acid groups (broad SMARTS) is 1. The van der Waals surface area contributed by atoms with Gasteiger partial charge in [0.15, 0.2) is 0 Å². The van der Waals surface area contributed by atoms with E-state index in [1.165, 1.54) is 12.1 Å². The zero-order valence-corrected chi connectivity index (χ0v) is 12.0. The van der Waals surface area contributed by atoms with Crippen LogP contribution in [0.25, 0.3) is 0 Å². The number of benzene rings is 1. The highest BCUT2D eigenvalue weighted by Crippen LogP contribution is 2.23. The number of rotatable bonds is 6. The van der Waals surface area contributed by atoms with Crippen molar-refractivity contribution in [1.82, 2.24) is 4.72 Å². The van der Waals surface area contributed by atoms with E-state index in [0.29, 0.717) is 16.7 Å². The Morgan fingerprint density at radius 1 is 1.39 bits per heavy atom. The highest BCUT2D eigenvalue weighted by atomic mass is 79.9. The number of carbonyl (C=O) groups is 1. The molecular formula is C10H13BrN2O4S. The molecule has 1 rings (SSSR count). The van der Waals surface area contributed by atoms with Crippen molar-refractivity contribution in [2.24, 2.45) is 0 Å². The van der Waals surface area contributed by atoms with Crippen LogP contribution >= 0.6 is 15.9 Å². The first kappa shape index (κ1) is 14.9. The summed E-state index contributed by atoms with van der Waals surface area (Å²) in [5.74, 6) is -0.999. The van der Waals surface area contributed by atoms with E-state index in [2.05, 4.69) is 26.0 Å². The molecule has 0 saturated carbocycles. The first-order valence-corrected chi connectivity index (χ1v) is 7.69. The maximum absolute atomic E-state index is 10.8. The van der Waals surface area contributed by atoms with Gasteiger partial charge in [-0.05, 0) is 34.1 Å². The Bertz CT molecular complexity index is 545. The van der Waals surface area contributed by atoms with Gasteiger partial charge in [0.2, 0.25) is 10.0 Å². The molecule has 0 bridgehead atoms. The molecule has 0 fully saturated rings. The number of halogens is 1. The number of aromatic carboxylic acids is 1. The average molecular weight is 337 g/mol. The maximum atomic E-state index is 10.8. The summed E-state index contributed by atoms with van der Waals surface area (Å²) in [6.07, 6.45) is 1.09. The van der Waals surface area contributed by atoms with Crippen molar-refractivity contribution in [3.05, 3.63) is 28.2 Å². The highest BCUT2D eigenvalue weighted by molar-refractivity contribution is 9.10. The van der Waals surface area contributed by atoms with E-state index < -0.39 is 16.0 Å². The lowest BCUT2D eigenvalue weighted by atomic mass is 10.2. The van der Waals surface area contributed by atoms with Crippen LogP contribution in [-0.2, 0) is 10.0 Å². The van der Waals surface area contributed by atoms with E-state index in [-0.39, 0.29) is 12.1 Å². The van der Waals surface area contributed by atoms with Crippen molar-refractivity contribution in [3.8, 4) is 0 Å². The molecule has 3 N–H and O–H groups in total. The van der Waals surface area contributed by atoms with Crippen molar-refractivity contribution >= 4 is 37.6 Å². The van der Waals surface area contributed by atoms with Crippen LogP contribution in [-0.4, -0.2) is 38.8 Å². The second kappa shape index (κ2) is 6.17. The van der Waals surface area contributed by atoms with Gasteiger partial charge in [0.1, 0.15) is 0 Å². The van der Waals surface area contributed by atoms with Crippen molar-refractivity contribution in [1.29, 1.82) is 0 Å². The Morgan fingerprint density at radius 2 is 2.06 bits per heavy atom. The van der Waals surface area contributed by atoms with Crippen molar-refractivity contribution in [2.75, 3.05) is 24.7 Å². The summed E-state index contributed by atoms with van der Waals surface area (Å²) >= 11 is 3.24. The number of sulfonamides is 1. The van der Waals surface area contributed by atoms with E-state index in [9.17, 15) is 13.2 Å². The van der Waals surface area contributed by atoms with E-state index in [1.54, 1.807) is 6.07 Å². The zero-order valence-electron chi connectivity index (χ0n) is 9.60. The second-order valence-corrected chi connectivity index (χ2v) is 6.28. The third-order valence-corrected chi connectivity index (χ3v) is 3.41. The third kappa shape index (κ3) is 5.03. The molecule has 100 valence electrons. The lowest BCUT2D eigenvalue weighted by Crippen LogP contribution is -2.27. The van der Waals surface area contributed by atoms with Crippen LogP contribution in [0, 0.1) is 0 Å². The van der Waals surface area contributed by atoms with Gasteiger partial charge in [-0.1, -0.05) is 0 Å². The molecule has 0 atom stereocenters. The molecule has 8 heteroatoms. The van der Waals surface area contributed by atoms with Crippen LogP contribution in [0.4, 0.5) is 5.69 Å². The lowest BCUT2D eigenvalue weighted by Gasteiger charge is -2.09. The van der Waals surface area contributed by atoms with Crippen LogP contribution in [0.5, 0.6) is 0 Å². The predicted octanol–water partition coefficient (Wildman–Crippen LogP) is 1.11. The van der Waals surface area contributed by atoms with Crippen LogP contribution in [0.15, 0.2) is 22.7 Å². The quantitative estimate of drug-likeness (QED) is 0.676. The van der Waals surface area contributed by atoms with Crippen molar-refractivity contribution in [2.45, 2.75) is 0 Å². The number of carboxylic acids is 1. The SMILES string of the molecule is CS(=O)(=O)NCCNc1ccc(C(=O)O)cc1Br. The Morgan fingerprint density at radius 3 is 2.56 bits per heavy atom. The smallest absolute Gasteiger partial charge is 0.335 e. The monoisotopic (exact) mass is 336 g/mol. The van der Waals surface area contributed by atoms with Gasteiger partial charge in [-0.25, -0.2) is 17.9 Å². The third-order valence-electron chi connectivity index (χ3n) is 2.02. The Hall–Kier alpha value is -1.12. The minimum Gasteiger partial charge on any atom is -0.478 e. The van der Waals surface area contributed by atoms with Crippen LogP contribution in [0.3, 0.4) is 0 Å². The van der Waals surface area contributed by atoms with Gasteiger partial charge in [0.25, 0.3) is 0 Å². The van der Waals surface area contributed by atoms with Gasteiger partial charge in [-0.2, -0.15) is 0 Å². The molecule has 0 aliphatic rings. The molecule has 0 heterocycles. The van der Waals surface area contributed by atoms with E-state index in [1.807, 2.05) is 0 Å². The fraction of sp³-hybridized carbons (Fsp3) is 0.300. The molecule has 0 amide bonds. The van der Waals surface area contributed by atoms with Gasteiger partial charge in [-0.3, -0.25) is 0 Å². The first-order chi connectivity index (χ1) is 8.29. The van der Waals surface area contributed by atoms with Gasteiger partial charge in [-0.15, -0.1) is 0 Å². The van der Waals surface area contributed by atoms with Gasteiger partial charge >= 0.3 is 5.97 Å². The molecule has 0 aliphatic carbocycles. The molecule has 1 aromatic carbocycles. The molecule has 1 aromatic rings. The number of nitrogens with one attached hydrogen (secondary N) is 2. The second-order valence-electron chi connectivity index (χ2n) is 3.59. The van der Waals surface area contributed by atoms with Crippen LogP contribution < -0.4 is 10.0 Å². The molecule has 0 saturated heterocycles. The number of anilines is 1. The summed E-state index contributed by atoms with van der Waals surface area (Å²) in [7, 11) is -3.19. The first-order valence-electron chi connectivity index (χ1n) is 5.01. The van der Waals surface area contributed by atoms with Gasteiger partial charge < -0.3 is 10.4 Å². The fourth-order valence-electron chi connectivity index (χ4n) is 1.23. The van der Waals surface area contributed by atoms with E-state index >= 15 is 0 Å². The molecule has 18 heavy (non-hydrogen) atoms. The molecule has 0 spiro atoms. The maximum Gasteiger partial charge on any atom is 0.335 e. The molecule has 0 unspecified atom stereocenters. The largest absolute Gasteiger partial charge is 0.478 e. The summed E-state index contributed by atoms with van der Waals surface area (Å²) in [5, 5.41) is 11.8. The Kier molecular flexibility index (Phi) is 5.12. The summed E-state index contributed by atoms with van der Waals surface area (Å²) < 4.78 is 24.6. The summed E-state index contributed by atoms with van der Waals surface area (Å²) in [5.41, 5.74) is 0.886. The number of hydrogen-bond donors (Lipinski definition) is 3. The van der Waals surface area contributed by atoms with Gasteiger partial charge in [0.05, 0.1) is 11.8 Å². The molecule has 0 radical (unpaired) electrons. The Balaban J connectivity index is 2.56. The Labute approximate surface area is 114 Å². The van der Waals surface area contributed by atoms with Crippen molar-refractivity contribution < 1.29 is 18.3 Å². The van der Waals surface area contributed by atoms with Crippen LogP contribution in [0.2, 0.25) is 0 Å². The summed E-state index contributed by atoms with van der Waals surface area (Å²) in [4.78, 5) is 10.7. The van der Waals surface area contributed by atoms with E-state index in [4.69, 9.17) is 5.11 Å². The van der Waals surface area contributed by atoms with Crippen molar-refractivity contribution in [3.63, 3.8) is 0 Å². The van der Waals surface area contributed by atoms with Gasteiger partial charge in [0, 0.05) is 23.2 Å². The lowest BCUT2D eigenvalue weighted by molar-refractivity contribution is 0.0697. The molecule has 0 aliphatic heterocycles. The normalized spacial score (nSPS) is 11.2.